The van der Waals surface area contributed by atoms with Crippen LogP contribution in [0.15, 0.2) is 71.6 Å². The van der Waals surface area contributed by atoms with Gasteiger partial charge in [0.15, 0.2) is 0 Å². The van der Waals surface area contributed by atoms with Gasteiger partial charge in [0.05, 0.1) is 0 Å². The summed E-state index contributed by atoms with van der Waals surface area (Å²) in [7, 11) is 0. The maximum absolute atomic E-state index is 11.9. The van der Waals surface area contributed by atoms with Crippen molar-refractivity contribution in [3.8, 4) is 0 Å². The molecule has 3 aromatic carbocycles. The third kappa shape index (κ3) is 4.22. The second kappa shape index (κ2) is 8.58. The van der Waals surface area contributed by atoms with Gasteiger partial charge in [-0.25, -0.2) is 4.79 Å². The van der Waals surface area contributed by atoms with Crippen LogP contribution in [-0.4, -0.2) is 12.6 Å². The van der Waals surface area contributed by atoms with Crippen LogP contribution in [0.25, 0.3) is 11.6 Å². The number of hydrogen-bond acceptors (Lipinski definition) is 2. The first-order chi connectivity index (χ1) is 14.2. The zero-order chi connectivity index (χ0) is 20.2. The molecule has 1 heterocycles. The van der Waals surface area contributed by atoms with E-state index in [-0.39, 0.29) is 6.03 Å². The summed E-state index contributed by atoms with van der Waals surface area (Å²) >= 11 is 1.90. The standard InChI is InChI=1S/C25H24N2OS/c1-3-26-25(28)27-20-11-7-9-18(14-20)15-23-21-12-5-4-10-19(21)16-29-24-17(2)8-6-13-22(23)24/h4-15H,3,16H2,1-2H3,(H2,26,27,28)/b23-15-. The number of benzene rings is 3. The van der Waals surface area contributed by atoms with Crippen molar-refractivity contribution in [1.82, 2.24) is 5.32 Å². The van der Waals surface area contributed by atoms with E-state index in [9.17, 15) is 4.79 Å². The maximum Gasteiger partial charge on any atom is 0.319 e. The van der Waals surface area contributed by atoms with Crippen LogP contribution in [0.3, 0.4) is 0 Å². The van der Waals surface area contributed by atoms with Gasteiger partial charge in [-0.2, -0.15) is 0 Å². The molecule has 29 heavy (non-hydrogen) atoms. The van der Waals surface area contributed by atoms with Crippen molar-refractivity contribution in [2.75, 3.05) is 11.9 Å². The lowest BCUT2D eigenvalue weighted by Crippen LogP contribution is -2.28. The second-order valence-electron chi connectivity index (χ2n) is 7.07. The first-order valence-corrected chi connectivity index (χ1v) is 10.8. The van der Waals surface area contributed by atoms with Gasteiger partial charge >= 0.3 is 6.03 Å². The number of amides is 2. The first-order valence-electron chi connectivity index (χ1n) is 9.83. The van der Waals surface area contributed by atoms with Crippen LogP contribution in [0.5, 0.6) is 0 Å². The molecule has 0 atom stereocenters. The topological polar surface area (TPSA) is 41.1 Å². The Labute approximate surface area is 176 Å². The number of urea groups is 1. The van der Waals surface area contributed by atoms with E-state index in [2.05, 4.69) is 72.2 Å². The molecule has 0 saturated carbocycles. The predicted octanol–water partition coefficient (Wildman–Crippen LogP) is 6.33. The van der Waals surface area contributed by atoms with Crippen LogP contribution in [0.4, 0.5) is 10.5 Å². The Kier molecular flexibility index (Phi) is 5.72. The van der Waals surface area contributed by atoms with Gasteiger partial charge in [-0.05, 0) is 65.4 Å². The molecule has 3 nitrogen and oxygen atoms in total. The smallest absolute Gasteiger partial charge is 0.319 e. The summed E-state index contributed by atoms with van der Waals surface area (Å²) in [5.41, 5.74) is 8.25. The van der Waals surface area contributed by atoms with Crippen molar-refractivity contribution >= 4 is 35.1 Å². The summed E-state index contributed by atoms with van der Waals surface area (Å²) in [5, 5.41) is 5.66. The van der Waals surface area contributed by atoms with Crippen LogP contribution in [0.1, 0.15) is 34.7 Å². The molecule has 0 spiro atoms. The van der Waals surface area contributed by atoms with E-state index in [1.54, 1.807) is 0 Å². The largest absolute Gasteiger partial charge is 0.338 e. The quantitative estimate of drug-likeness (QED) is 0.539. The summed E-state index contributed by atoms with van der Waals surface area (Å²) in [5.74, 6) is 0.962. The highest BCUT2D eigenvalue weighted by Gasteiger charge is 2.19. The van der Waals surface area contributed by atoms with Crippen molar-refractivity contribution < 1.29 is 4.79 Å². The molecule has 1 aliphatic rings. The third-order valence-corrected chi connectivity index (χ3v) is 6.26. The Balaban J connectivity index is 1.81. The Bertz CT molecular complexity index is 1090. The maximum atomic E-state index is 11.9. The molecule has 4 rings (SSSR count). The highest BCUT2D eigenvalue weighted by atomic mass is 32.2. The van der Waals surface area contributed by atoms with E-state index in [0.717, 1.165) is 17.0 Å². The number of nitrogens with one attached hydrogen (secondary N) is 2. The minimum Gasteiger partial charge on any atom is -0.338 e. The van der Waals surface area contributed by atoms with Gasteiger partial charge in [-0.3, -0.25) is 0 Å². The second-order valence-corrected chi connectivity index (χ2v) is 8.05. The minimum absolute atomic E-state index is 0.186. The number of thioether (sulfide) groups is 1. The van der Waals surface area contributed by atoms with Gasteiger partial charge in [-0.1, -0.05) is 54.6 Å². The molecule has 0 aromatic heterocycles. The van der Waals surface area contributed by atoms with Crippen molar-refractivity contribution in [1.29, 1.82) is 0 Å². The Hall–Kier alpha value is -2.98. The number of carbonyl (C=O) groups excluding carboxylic acids is 1. The zero-order valence-corrected chi connectivity index (χ0v) is 17.5. The average Bonchev–Trinajstić information content (AvgIpc) is 2.87. The lowest BCUT2D eigenvalue weighted by atomic mass is 9.92. The number of aryl methyl sites for hydroxylation is 1. The van der Waals surface area contributed by atoms with Crippen molar-refractivity contribution in [3.63, 3.8) is 0 Å². The molecule has 4 heteroatoms. The van der Waals surface area contributed by atoms with Crippen LogP contribution in [-0.2, 0) is 5.75 Å². The number of carbonyl (C=O) groups is 1. The normalized spacial score (nSPS) is 13.9. The van der Waals surface area contributed by atoms with Gasteiger partial charge < -0.3 is 10.6 Å². The summed E-state index contributed by atoms with van der Waals surface area (Å²) in [6.45, 7) is 4.68. The molecular formula is C25H24N2OS. The van der Waals surface area contributed by atoms with Crippen molar-refractivity contribution in [3.05, 3.63) is 94.5 Å². The minimum atomic E-state index is -0.186. The van der Waals surface area contributed by atoms with E-state index >= 15 is 0 Å². The summed E-state index contributed by atoms with van der Waals surface area (Å²) in [6, 6.07) is 22.9. The Morgan fingerprint density at radius 1 is 1.03 bits per heavy atom. The van der Waals surface area contributed by atoms with Crippen molar-refractivity contribution in [2.45, 2.75) is 24.5 Å². The number of hydrogen-bond donors (Lipinski definition) is 2. The fraction of sp³-hybridized carbons (Fsp3) is 0.160. The first kappa shape index (κ1) is 19.3. The van der Waals surface area contributed by atoms with Gasteiger partial charge in [0.25, 0.3) is 0 Å². The molecule has 1 aliphatic heterocycles. The SMILES string of the molecule is CCNC(=O)Nc1cccc(/C=C2/c3ccccc3CSc3c(C)cccc32)c1. The fourth-order valence-corrected chi connectivity index (χ4v) is 4.81. The molecule has 146 valence electrons. The molecule has 0 aliphatic carbocycles. The lowest BCUT2D eigenvalue weighted by Gasteiger charge is -2.13. The molecule has 2 N–H and O–H groups in total. The molecular weight excluding hydrogens is 376 g/mol. The van der Waals surface area contributed by atoms with E-state index in [1.807, 2.05) is 36.9 Å². The van der Waals surface area contributed by atoms with E-state index in [0.29, 0.717) is 6.54 Å². The third-order valence-electron chi connectivity index (χ3n) is 4.97. The van der Waals surface area contributed by atoms with Crippen LogP contribution in [0.2, 0.25) is 0 Å². The zero-order valence-electron chi connectivity index (χ0n) is 16.7. The van der Waals surface area contributed by atoms with Gasteiger partial charge in [0, 0.05) is 22.9 Å². The molecule has 0 fully saturated rings. The number of anilines is 1. The van der Waals surface area contributed by atoms with Crippen LogP contribution < -0.4 is 10.6 Å². The van der Waals surface area contributed by atoms with E-state index < -0.39 is 0 Å². The monoisotopic (exact) mass is 400 g/mol. The molecule has 3 aromatic rings. The molecule has 0 unspecified atom stereocenters. The highest BCUT2D eigenvalue weighted by molar-refractivity contribution is 7.98. The summed E-state index contributed by atoms with van der Waals surface area (Å²) in [4.78, 5) is 13.2. The summed E-state index contributed by atoms with van der Waals surface area (Å²) in [6.07, 6.45) is 2.23. The fourth-order valence-electron chi connectivity index (χ4n) is 3.62. The number of fused-ring (bicyclic) bond motifs is 2. The number of rotatable bonds is 3. The van der Waals surface area contributed by atoms with Crippen LogP contribution in [0, 0.1) is 6.92 Å². The highest BCUT2D eigenvalue weighted by Crippen LogP contribution is 2.42. The Morgan fingerprint density at radius 2 is 1.83 bits per heavy atom. The average molecular weight is 401 g/mol. The lowest BCUT2D eigenvalue weighted by molar-refractivity contribution is 0.252. The summed E-state index contributed by atoms with van der Waals surface area (Å²) < 4.78 is 0. The predicted molar refractivity (Wildman–Crippen MR) is 123 cm³/mol. The van der Waals surface area contributed by atoms with E-state index in [1.165, 1.54) is 32.7 Å². The van der Waals surface area contributed by atoms with E-state index in [4.69, 9.17) is 0 Å². The van der Waals surface area contributed by atoms with Crippen molar-refractivity contribution in [2.24, 2.45) is 0 Å². The molecule has 0 bridgehead atoms. The van der Waals surface area contributed by atoms with Crippen LogP contribution >= 0.6 is 11.8 Å². The molecule has 0 radical (unpaired) electrons. The Morgan fingerprint density at radius 3 is 2.69 bits per heavy atom. The van der Waals surface area contributed by atoms with Gasteiger partial charge in [-0.15, -0.1) is 11.8 Å². The molecule has 0 saturated heterocycles. The molecule has 2 amide bonds. The van der Waals surface area contributed by atoms with Gasteiger partial charge in [0.2, 0.25) is 0 Å². The van der Waals surface area contributed by atoms with Gasteiger partial charge in [0.1, 0.15) is 0 Å².